The van der Waals surface area contributed by atoms with E-state index in [1.807, 2.05) is 13.0 Å². The molecule has 1 aromatic heterocycles. The van der Waals surface area contributed by atoms with Crippen molar-refractivity contribution in [2.75, 3.05) is 6.61 Å². The van der Waals surface area contributed by atoms with Crippen molar-refractivity contribution in [3.05, 3.63) is 33.4 Å². The van der Waals surface area contributed by atoms with Crippen molar-refractivity contribution in [3.8, 4) is 5.75 Å². The zero-order valence-electron chi connectivity index (χ0n) is 8.43. The molecule has 0 bridgehead atoms. The van der Waals surface area contributed by atoms with Crippen LogP contribution in [0.4, 0.5) is 0 Å². The van der Waals surface area contributed by atoms with Gasteiger partial charge >= 0.3 is 0 Å². The van der Waals surface area contributed by atoms with Crippen LogP contribution in [-0.4, -0.2) is 11.6 Å². The lowest BCUT2D eigenvalue weighted by atomic mass is 10.2. The summed E-state index contributed by atoms with van der Waals surface area (Å²) in [6.07, 6.45) is 0. The summed E-state index contributed by atoms with van der Waals surface area (Å²) < 4.78 is 5.38. The average molecular weight is 277 g/mol. The van der Waals surface area contributed by atoms with Crippen molar-refractivity contribution in [1.82, 2.24) is 4.98 Å². The first-order valence-electron chi connectivity index (χ1n) is 4.70. The number of pyridine rings is 1. The monoisotopic (exact) mass is 275 g/mol. The molecule has 0 amide bonds. The summed E-state index contributed by atoms with van der Waals surface area (Å²) in [6, 6.07) is 5.42. The molecule has 2 nitrogen and oxygen atoms in total. The Morgan fingerprint density at radius 2 is 1.94 bits per heavy atom. The normalized spacial score (nSPS) is 10.8. The summed E-state index contributed by atoms with van der Waals surface area (Å²) in [6.45, 7) is 2.51. The van der Waals surface area contributed by atoms with Gasteiger partial charge in [0.15, 0.2) is 0 Å². The Kier molecular flexibility index (Phi) is 3.43. The summed E-state index contributed by atoms with van der Waals surface area (Å²) in [5.41, 5.74) is 0.697. The maximum absolute atomic E-state index is 6.09. The van der Waals surface area contributed by atoms with Crippen LogP contribution in [0.5, 0.6) is 5.75 Å². The number of hydrogen-bond donors (Lipinski definition) is 0. The van der Waals surface area contributed by atoms with Crippen molar-refractivity contribution in [2.45, 2.75) is 6.92 Å². The third-order valence-electron chi connectivity index (χ3n) is 2.11. The quantitative estimate of drug-likeness (QED) is 0.748. The molecule has 2 aromatic rings. The van der Waals surface area contributed by atoms with Crippen LogP contribution in [0.3, 0.4) is 0 Å². The van der Waals surface area contributed by atoms with Gasteiger partial charge in [-0.05, 0) is 25.1 Å². The minimum atomic E-state index is 0.211. The first kappa shape index (κ1) is 11.8. The Morgan fingerprint density at radius 3 is 2.62 bits per heavy atom. The van der Waals surface area contributed by atoms with Crippen LogP contribution < -0.4 is 4.74 Å². The molecule has 0 spiro atoms. The molecule has 0 N–H and O–H groups in total. The summed E-state index contributed by atoms with van der Waals surface area (Å²) in [4.78, 5) is 4.13. The Hall–Kier alpha value is -0.700. The molecule has 1 aromatic carbocycles. The molecule has 84 valence electrons. The molecule has 0 saturated heterocycles. The molecule has 2 rings (SSSR count). The summed E-state index contributed by atoms with van der Waals surface area (Å²) >= 11 is 17.8. The Bertz CT molecular complexity index is 542. The smallest absolute Gasteiger partial charge is 0.149 e. The van der Waals surface area contributed by atoms with E-state index in [2.05, 4.69) is 4.98 Å². The molecule has 0 atom stereocenters. The number of ether oxygens (including phenoxy) is 1. The standard InChI is InChI=1S/C11H8Cl3NO/c1-2-16-6-3-4-8-7(5-6)9(12)10(13)11(14)15-8/h3-5H,2H2,1H3. The van der Waals surface area contributed by atoms with Crippen molar-refractivity contribution in [1.29, 1.82) is 0 Å². The molecule has 0 radical (unpaired) electrons. The fourth-order valence-corrected chi connectivity index (χ4v) is 2.03. The maximum atomic E-state index is 6.09. The molecule has 0 saturated carbocycles. The van der Waals surface area contributed by atoms with Gasteiger partial charge in [0.25, 0.3) is 0 Å². The van der Waals surface area contributed by atoms with Gasteiger partial charge in [-0.15, -0.1) is 0 Å². The highest BCUT2D eigenvalue weighted by molar-refractivity contribution is 6.49. The molecule has 0 fully saturated rings. The third-order valence-corrected chi connectivity index (χ3v) is 3.34. The van der Waals surface area contributed by atoms with Crippen LogP contribution in [0.2, 0.25) is 15.2 Å². The first-order valence-corrected chi connectivity index (χ1v) is 5.84. The van der Waals surface area contributed by atoms with Gasteiger partial charge in [-0.1, -0.05) is 34.8 Å². The van der Waals surface area contributed by atoms with Crippen LogP contribution in [0.15, 0.2) is 18.2 Å². The highest BCUT2D eigenvalue weighted by Gasteiger charge is 2.11. The lowest BCUT2D eigenvalue weighted by Crippen LogP contribution is -1.92. The number of fused-ring (bicyclic) bond motifs is 1. The number of nitrogens with zero attached hydrogens (tertiary/aromatic N) is 1. The summed E-state index contributed by atoms with van der Waals surface area (Å²) in [7, 11) is 0. The van der Waals surface area contributed by atoms with E-state index in [1.54, 1.807) is 12.1 Å². The van der Waals surface area contributed by atoms with Crippen molar-refractivity contribution in [2.24, 2.45) is 0 Å². The number of halogens is 3. The minimum absolute atomic E-state index is 0.211. The van der Waals surface area contributed by atoms with E-state index in [9.17, 15) is 0 Å². The molecule has 5 heteroatoms. The van der Waals surface area contributed by atoms with Crippen LogP contribution >= 0.6 is 34.8 Å². The maximum Gasteiger partial charge on any atom is 0.149 e. The second-order valence-electron chi connectivity index (χ2n) is 3.14. The molecule has 16 heavy (non-hydrogen) atoms. The van der Waals surface area contributed by atoms with Gasteiger partial charge < -0.3 is 4.74 Å². The van der Waals surface area contributed by atoms with E-state index in [0.29, 0.717) is 17.1 Å². The molecule has 0 aliphatic rings. The molecular formula is C11H8Cl3NO. The second kappa shape index (κ2) is 4.66. The highest BCUT2D eigenvalue weighted by atomic mass is 35.5. The van der Waals surface area contributed by atoms with Crippen molar-refractivity contribution in [3.63, 3.8) is 0 Å². The lowest BCUT2D eigenvalue weighted by molar-refractivity contribution is 0.340. The highest BCUT2D eigenvalue weighted by Crippen LogP contribution is 2.35. The molecule has 0 aliphatic heterocycles. The average Bonchev–Trinajstić information content (AvgIpc) is 2.28. The van der Waals surface area contributed by atoms with Gasteiger partial charge in [0, 0.05) is 5.39 Å². The zero-order valence-corrected chi connectivity index (χ0v) is 10.7. The molecule has 0 unspecified atom stereocenters. The largest absolute Gasteiger partial charge is 0.494 e. The van der Waals surface area contributed by atoms with Crippen molar-refractivity contribution >= 4 is 45.7 Å². The topological polar surface area (TPSA) is 22.1 Å². The van der Waals surface area contributed by atoms with Gasteiger partial charge in [0.2, 0.25) is 0 Å². The Labute approximate surface area is 108 Å². The van der Waals surface area contributed by atoms with Gasteiger partial charge in [-0.2, -0.15) is 0 Å². The third kappa shape index (κ3) is 2.05. The van der Waals surface area contributed by atoms with Gasteiger partial charge in [-0.3, -0.25) is 0 Å². The van der Waals surface area contributed by atoms with E-state index in [0.717, 1.165) is 11.1 Å². The lowest BCUT2D eigenvalue weighted by Gasteiger charge is -2.07. The summed E-state index contributed by atoms with van der Waals surface area (Å²) in [5, 5.41) is 1.62. The fourth-order valence-electron chi connectivity index (χ4n) is 1.41. The van der Waals surface area contributed by atoms with Crippen LogP contribution in [-0.2, 0) is 0 Å². The van der Waals surface area contributed by atoms with E-state index in [-0.39, 0.29) is 10.2 Å². The molecule has 0 aliphatic carbocycles. The van der Waals surface area contributed by atoms with E-state index in [1.165, 1.54) is 0 Å². The minimum Gasteiger partial charge on any atom is -0.494 e. The zero-order chi connectivity index (χ0) is 11.7. The van der Waals surface area contributed by atoms with Gasteiger partial charge in [0.05, 0.1) is 22.2 Å². The van der Waals surface area contributed by atoms with Crippen LogP contribution in [0.25, 0.3) is 10.9 Å². The molecular weight excluding hydrogens is 268 g/mol. The first-order chi connectivity index (χ1) is 7.63. The van der Waals surface area contributed by atoms with Crippen LogP contribution in [0.1, 0.15) is 6.92 Å². The number of hydrogen-bond acceptors (Lipinski definition) is 2. The number of aromatic nitrogens is 1. The molecule has 1 heterocycles. The van der Waals surface area contributed by atoms with Crippen molar-refractivity contribution < 1.29 is 4.74 Å². The fraction of sp³-hybridized carbons (Fsp3) is 0.182. The number of benzene rings is 1. The number of rotatable bonds is 2. The van der Waals surface area contributed by atoms with Gasteiger partial charge in [-0.25, -0.2) is 4.98 Å². The Morgan fingerprint density at radius 1 is 1.19 bits per heavy atom. The predicted molar refractivity (Wildman–Crippen MR) is 67.9 cm³/mol. The van der Waals surface area contributed by atoms with E-state index >= 15 is 0 Å². The van der Waals surface area contributed by atoms with E-state index in [4.69, 9.17) is 39.5 Å². The van der Waals surface area contributed by atoms with E-state index < -0.39 is 0 Å². The Balaban J connectivity index is 2.68. The summed E-state index contributed by atoms with van der Waals surface area (Å²) in [5.74, 6) is 0.733. The van der Waals surface area contributed by atoms with Crippen LogP contribution in [0, 0.1) is 0 Å². The second-order valence-corrected chi connectivity index (χ2v) is 4.26. The van der Waals surface area contributed by atoms with Gasteiger partial charge in [0.1, 0.15) is 10.9 Å². The SMILES string of the molecule is CCOc1ccc2nc(Cl)c(Cl)c(Cl)c2c1. The predicted octanol–water partition coefficient (Wildman–Crippen LogP) is 4.59.